The lowest BCUT2D eigenvalue weighted by atomic mass is 9.95. The molecule has 5 rings (SSSR count). The van der Waals surface area contributed by atoms with Crippen molar-refractivity contribution in [1.82, 2.24) is 14.9 Å². The zero-order chi connectivity index (χ0) is 31.9. The molecule has 0 saturated carbocycles. The average molecular weight is 612 g/mol. The number of aryl methyl sites for hydroxylation is 2. The summed E-state index contributed by atoms with van der Waals surface area (Å²) in [6.07, 6.45) is 1.76. The minimum absolute atomic E-state index is 0.121. The van der Waals surface area contributed by atoms with Crippen LogP contribution in [0.25, 0.3) is 5.69 Å². The number of nitrogens with zero attached hydrogens (tertiary/aromatic N) is 3. The van der Waals surface area contributed by atoms with Crippen LogP contribution in [0.3, 0.4) is 0 Å². The Kier molecular flexibility index (Phi) is 8.22. The summed E-state index contributed by atoms with van der Waals surface area (Å²) in [5.74, 6) is -0.587. The molecule has 3 heterocycles. The lowest BCUT2D eigenvalue weighted by Gasteiger charge is -2.29. The molecule has 10 heteroatoms. The van der Waals surface area contributed by atoms with Gasteiger partial charge in [0.2, 0.25) is 5.91 Å². The molecule has 228 valence electrons. The van der Waals surface area contributed by atoms with E-state index in [1.165, 1.54) is 0 Å². The molecular formula is C34H37N5O4S. The smallest absolute Gasteiger partial charge is 0.335 e. The summed E-state index contributed by atoms with van der Waals surface area (Å²) >= 11 is 5.96. The number of nitrogens with one attached hydrogen (secondary N) is 2. The second-order valence-corrected chi connectivity index (χ2v) is 12.4. The summed E-state index contributed by atoms with van der Waals surface area (Å²) < 4.78 is 7.82. The second-order valence-electron chi connectivity index (χ2n) is 12.1. The van der Waals surface area contributed by atoms with Gasteiger partial charge in [-0.1, -0.05) is 32.9 Å². The van der Waals surface area contributed by atoms with Crippen LogP contribution in [0.15, 0.2) is 66.9 Å². The lowest BCUT2D eigenvalue weighted by Crippen LogP contribution is -2.30. The Morgan fingerprint density at radius 2 is 1.80 bits per heavy atom. The van der Waals surface area contributed by atoms with Gasteiger partial charge in [0.1, 0.15) is 5.75 Å². The highest BCUT2D eigenvalue weighted by molar-refractivity contribution is 7.80. The van der Waals surface area contributed by atoms with Gasteiger partial charge in [0, 0.05) is 40.4 Å². The van der Waals surface area contributed by atoms with Crippen molar-refractivity contribution < 1.29 is 19.4 Å². The molecule has 0 aliphatic carbocycles. The standard InChI is InChI=1S/C34H37N5O4S/c1-19-11-12-22(31(40)41)17-27(19)38-20(2)16-24(21(38)3)30-29(26-10-8-9-15-35-26)37-33(44)39(30)23-13-14-25(28(18-23)43-7)36-32(42)34(4,5)6/h8-18,29-30H,1-7H3,(H,36,42)(H,37,44)(H,40,41)/t29-,30+/m0/s1. The summed E-state index contributed by atoms with van der Waals surface area (Å²) in [6, 6.07) is 18.1. The van der Waals surface area contributed by atoms with Crippen LogP contribution in [-0.2, 0) is 4.79 Å². The van der Waals surface area contributed by atoms with E-state index < -0.39 is 11.4 Å². The van der Waals surface area contributed by atoms with Gasteiger partial charge >= 0.3 is 5.97 Å². The zero-order valence-corrected chi connectivity index (χ0v) is 26.7. The normalized spacial score (nSPS) is 16.5. The third-order valence-electron chi connectivity index (χ3n) is 7.98. The molecule has 1 aliphatic heterocycles. The molecule has 2 aromatic heterocycles. The lowest BCUT2D eigenvalue weighted by molar-refractivity contribution is -0.123. The zero-order valence-electron chi connectivity index (χ0n) is 25.9. The Balaban J connectivity index is 1.65. The number of carboxylic acids is 1. The monoisotopic (exact) mass is 611 g/mol. The Labute approximate surface area is 262 Å². The number of aromatic nitrogens is 2. The third kappa shape index (κ3) is 5.65. The first kappa shape index (κ1) is 30.7. The number of anilines is 2. The molecule has 0 radical (unpaired) electrons. The van der Waals surface area contributed by atoms with Crippen LogP contribution in [0.4, 0.5) is 11.4 Å². The molecule has 3 N–H and O–H groups in total. The highest BCUT2D eigenvalue weighted by Gasteiger charge is 2.42. The maximum absolute atomic E-state index is 12.8. The highest BCUT2D eigenvalue weighted by Crippen LogP contribution is 2.45. The maximum Gasteiger partial charge on any atom is 0.335 e. The minimum atomic E-state index is -0.975. The Bertz CT molecular complexity index is 1760. The fourth-order valence-electron chi connectivity index (χ4n) is 5.63. The van der Waals surface area contributed by atoms with Gasteiger partial charge in [-0.05, 0) is 86.6 Å². The van der Waals surface area contributed by atoms with Gasteiger partial charge < -0.3 is 29.9 Å². The number of hydrogen-bond donors (Lipinski definition) is 3. The van der Waals surface area contributed by atoms with Crippen molar-refractivity contribution >= 4 is 40.6 Å². The van der Waals surface area contributed by atoms with Crippen LogP contribution in [0.1, 0.15) is 71.4 Å². The third-order valence-corrected chi connectivity index (χ3v) is 8.29. The molecule has 1 saturated heterocycles. The number of rotatable bonds is 7. The van der Waals surface area contributed by atoms with E-state index in [4.69, 9.17) is 17.0 Å². The average Bonchev–Trinajstić information content (AvgIpc) is 3.48. The topological polar surface area (TPSA) is 109 Å². The number of carbonyl (C=O) groups excluding carboxylic acids is 1. The van der Waals surface area contributed by atoms with E-state index in [2.05, 4.69) is 31.2 Å². The van der Waals surface area contributed by atoms with Gasteiger partial charge in [0.15, 0.2) is 5.11 Å². The van der Waals surface area contributed by atoms with Crippen molar-refractivity contribution in [2.75, 3.05) is 17.3 Å². The molecular weight excluding hydrogens is 574 g/mol. The van der Waals surface area contributed by atoms with E-state index in [0.29, 0.717) is 16.5 Å². The van der Waals surface area contributed by atoms with Crippen molar-refractivity contribution in [1.29, 1.82) is 0 Å². The maximum atomic E-state index is 12.8. The van der Waals surface area contributed by atoms with E-state index in [1.54, 1.807) is 25.4 Å². The van der Waals surface area contributed by atoms with Crippen LogP contribution in [0, 0.1) is 26.2 Å². The second kappa shape index (κ2) is 11.8. The van der Waals surface area contributed by atoms with Crippen molar-refractivity contribution in [3.05, 3.63) is 101 Å². The molecule has 44 heavy (non-hydrogen) atoms. The van der Waals surface area contributed by atoms with Crippen molar-refractivity contribution in [3.8, 4) is 11.4 Å². The molecule has 1 aliphatic rings. The van der Waals surface area contributed by atoms with E-state index in [-0.39, 0.29) is 23.6 Å². The first-order valence-corrected chi connectivity index (χ1v) is 14.8. The summed E-state index contributed by atoms with van der Waals surface area (Å²) in [7, 11) is 1.57. The van der Waals surface area contributed by atoms with Gasteiger partial charge in [-0.25, -0.2) is 4.79 Å². The summed E-state index contributed by atoms with van der Waals surface area (Å²) in [6.45, 7) is 11.6. The molecule has 2 atom stereocenters. The molecule has 1 fully saturated rings. The van der Waals surface area contributed by atoms with Crippen molar-refractivity contribution in [3.63, 3.8) is 0 Å². The highest BCUT2D eigenvalue weighted by atomic mass is 32.1. The van der Waals surface area contributed by atoms with E-state index in [0.717, 1.165) is 39.6 Å². The quantitative estimate of drug-likeness (QED) is 0.199. The number of amides is 1. The van der Waals surface area contributed by atoms with Gasteiger partial charge in [0.25, 0.3) is 0 Å². The number of carbonyl (C=O) groups is 2. The van der Waals surface area contributed by atoms with Crippen LogP contribution >= 0.6 is 12.2 Å². The number of methoxy groups -OCH3 is 1. The van der Waals surface area contributed by atoms with Gasteiger partial charge in [-0.2, -0.15) is 0 Å². The Morgan fingerprint density at radius 1 is 1.05 bits per heavy atom. The number of benzene rings is 2. The number of ether oxygens (including phenoxy) is 1. The molecule has 0 spiro atoms. The summed E-state index contributed by atoms with van der Waals surface area (Å²) in [4.78, 5) is 31.3. The fraction of sp³-hybridized carbons (Fsp3) is 0.294. The first-order valence-electron chi connectivity index (χ1n) is 14.3. The molecule has 0 bridgehead atoms. The molecule has 4 aromatic rings. The van der Waals surface area contributed by atoms with Gasteiger partial charge in [0.05, 0.1) is 36.1 Å². The minimum Gasteiger partial charge on any atom is -0.494 e. The van der Waals surface area contributed by atoms with Gasteiger partial charge in [-0.3, -0.25) is 9.78 Å². The van der Waals surface area contributed by atoms with E-state index >= 15 is 0 Å². The number of aromatic carboxylic acids is 1. The Hall–Kier alpha value is -4.70. The van der Waals surface area contributed by atoms with Crippen molar-refractivity contribution in [2.24, 2.45) is 5.41 Å². The van der Waals surface area contributed by atoms with Crippen LogP contribution in [0.2, 0.25) is 0 Å². The number of hydrogen-bond acceptors (Lipinski definition) is 5. The van der Waals surface area contributed by atoms with E-state index in [9.17, 15) is 14.7 Å². The molecule has 2 aromatic carbocycles. The predicted molar refractivity (Wildman–Crippen MR) is 176 cm³/mol. The van der Waals surface area contributed by atoms with Gasteiger partial charge in [-0.15, -0.1) is 0 Å². The van der Waals surface area contributed by atoms with Crippen molar-refractivity contribution in [2.45, 2.75) is 53.6 Å². The number of pyridine rings is 1. The summed E-state index contributed by atoms with van der Waals surface area (Å²) in [5, 5.41) is 16.7. The summed E-state index contributed by atoms with van der Waals surface area (Å²) in [5.41, 5.74) is 6.52. The van der Waals surface area contributed by atoms with Crippen LogP contribution < -0.4 is 20.3 Å². The molecule has 9 nitrogen and oxygen atoms in total. The molecule has 0 unspecified atom stereocenters. The van der Waals surface area contributed by atoms with Crippen LogP contribution in [0.5, 0.6) is 5.75 Å². The number of thiocarbonyl (C=S) groups is 1. The van der Waals surface area contributed by atoms with E-state index in [1.807, 2.05) is 84.0 Å². The fourth-order valence-corrected chi connectivity index (χ4v) is 5.98. The predicted octanol–water partition coefficient (Wildman–Crippen LogP) is 6.67. The van der Waals surface area contributed by atoms with Crippen LogP contribution in [-0.4, -0.2) is 38.8 Å². The first-order chi connectivity index (χ1) is 20.8. The number of carboxylic acid groups (broad SMARTS) is 1. The SMILES string of the molecule is COc1cc(N2C(=S)N[C@@H](c3ccccn3)[C@H]2c2cc(C)n(-c3cc(C(=O)O)ccc3C)c2C)ccc1NC(=O)C(C)(C)C. The molecule has 1 amide bonds. The largest absolute Gasteiger partial charge is 0.494 e. The Morgan fingerprint density at radius 3 is 2.43 bits per heavy atom.